The van der Waals surface area contributed by atoms with E-state index in [-0.39, 0.29) is 0 Å². The SMILES string of the molecule is c1cc(-c2ccncc2)cc(-c2ccc(-c3nc4ccccc4c4c3ccc3ccc5cccnc5c34)cc2)c1. The van der Waals surface area contributed by atoms with E-state index in [2.05, 4.69) is 108 Å². The summed E-state index contributed by atoms with van der Waals surface area (Å²) in [5.41, 5.74) is 8.79. The molecule has 0 saturated heterocycles. The molecular weight excluding hydrogens is 486 g/mol. The van der Waals surface area contributed by atoms with Crippen LogP contribution in [0.25, 0.3) is 76.9 Å². The van der Waals surface area contributed by atoms with Gasteiger partial charge < -0.3 is 0 Å². The Balaban J connectivity index is 1.33. The van der Waals surface area contributed by atoms with Gasteiger partial charge in [0, 0.05) is 51.1 Å². The number of aromatic nitrogens is 3. The number of hydrogen-bond acceptors (Lipinski definition) is 3. The molecule has 3 heteroatoms. The van der Waals surface area contributed by atoms with Crippen LogP contribution in [0.3, 0.4) is 0 Å². The van der Waals surface area contributed by atoms with Gasteiger partial charge in [0.1, 0.15) is 0 Å². The lowest BCUT2D eigenvalue weighted by Gasteiger charge is -2.14. The lowest BCUT2D eigenvalue weighted by molar-refractivity contribution is 1.33. The summed E-state index contributed by atoms with van der Waals surface area (Å²) in [7, 11) is 0. The van der Waals surface area contributed by atoms with E-state index in [1.54, 1.807) is 0 Å². The molecule has 0 aliphatic rings. The Morgan fingerprint density at radius 1 is 0.425 bits per heavy atom. The van der Waals surface area contributed by atoms with E-state index in [1.807, 2.05) is 36.8 Å². The van der Waals surface area contributed by atoms with Crippen molar-refractivity contribution in [1.29, 1.82) is 0 Å². The van der Waals surface area contributed by atoms with Gasteiger partial charge in [-0.05, 0) is 58.0 Å². The Bertz CT molecular complexity index is 2200. The van der Waals surface area contributed by atoms with Crippen molar-refractivity contribution in [2.24, 2.45) is 0 Å². The second-order valence-electron chi connectivity index (χ2n) is 10.1. The molecule has 0 saturated carbocycles. The van der Waals surface area contributed by atoms with Gasteiger partial charge in [-0.25, -0.2) is 4.98 Å². The van der Waals surface area contributed by atoms with E-state index in [0.29, 0.717) is 0 Å². The maximum atomic E-state index is 5.19. The fraction of sp³-hybridized carbons (Fsp3) is 0. The molecule has 3 aromatic heterocycles. The van der Waals surface area contributed by atoms with E-state index in [0.717, 1.165) is 44.0 Å². The summed E-state index contributed by atoms with van der Waals surface area (Å²) in [5, 5.41) is 7.00. The minimum Gasteiger partial charge on any atom is -0.265 e. The minimum absolute atomic E-state index is 0.986. The molecule has 40 heavy (non-hydrogen) atoms. The lowest BCUT2D eigenvalue weighted by Crippen LogP contribution is -1.92. The van der Waals surface area contributed by atoms with Crippen molar-refractivity contribution in [2.45, 2.75) is 0 Å². The Morgan fingerprint density at radius 3 is 2.00 bits per heavy atom. The summed E-state index contributed by atoms with van der Waals surface area (Å²) in [6, 6.07) is 42.8. The van der Waals surface area contributed by atoms with Crippen LogP contribution in [0.15, 0.2) is 140 Å². The standard InChI is InChI=1S/C37H23N3/c1-2-9-33-31(8-1)35-32(17-16-26-12-15-27-7-4-20-39-37(27)34(26)35)36(40-33)28-13-10-24(11-14-28)29-5-3-6-30(23-29)25-18-21-38-22-19-25/h1-23H. The molecular formula is C37H23N3. The molecule has 5 aromatic carbocycles. The highest BCUT2D eigenvalue weighted by Crippen LogP contribution is 2.39. The third-order valence-electron chi connectivity index (χ3n) is 7.78. The molecule has 186 valence electrons. The molecule has 0 bridgehead atoms. The van der Waals surface area contributed by atoms with Crippen LogP contribution in [0.1, 0.15) is 0 Å². The van der Waals surface area contributed by atoms with E-state index in [4.69, 9.17) is 9.97 Å². The van der Waals surface area contributed by atoms with Gasteiger partial charge in [0.2, 0.25) is 0 Å². The summed E-state index contributed by atoms with van der Waals surface area (Å²) in [5.74, 6) is 0. The van der Waals surface area contributed by atoms with Gasteiger partial charge in [-0.1, -0.05) is 91.0 Å². The Labute approximate surface area is 231 Å². The molecule has 0 atom stereocenters. The molecule has 0 N–H and O–H groups in total. The van der Waals surface area contributed by atoms with Crippen molar-refractivity contribution in [3.63, 3.8) is 0 Å². The van der Waals surface area contributed by atoms with Crippen LogP contribution < -0.4 is 0 Å². The van der Waals surface area contributed by atoms with Crippen LogP contribution in [0.5, 0.6) is 0 Å². The Hall–Kier alpha value is -5.41. The molecule has 8 aromatic rings. The first-order valence-corrected chi connectivity index (χ1v) is 13.4. The summed E-state index contributed by atoms with van der Waals surface area (Å²) in [6.45, 7) is 0. The summed E-state index contributed by atoms with van der Waals surface area (Å²) < 4.78 is 0. The average Bonchev–Trinajstić information content (AvgIpc) is 3.04. The first-order chi connectivity index (χ1) is 19.8. The predicted octanol–water partition coefficient (Wildman–Crippen LogP) is 9.49. The maximum Gasteiger partial charge on any atom is 0.0788 e. The third kappa shape index (κ3) is 3.63. The van der Waals surface area contributed by atoms with Crippen LogP contribution in [0, 0.1) is 0 Å². The molecule has 0 spiro atoms. The van der Waals surface area contributed by atoms with Crippen molar-refractivity contribution in [1.82, 2.24) is 15.0 Å². The lowest BCUT2D eigenvalue weighted by atomic mass is 9.93. The molecule has 0 aliphatic heterocycles. The molecule has 0 aliphatic carbocycles. The van der Waals surface area contributed by atoms with E-state index < -0.39 is 0 Å². The molecule has 8 rings (SSSR count). The van der Waals surface area contributed by atoms with E-state index in [1.165, 1.54) is 32.8 Å². The zero-order chi connectivity index (χ0) is 26.5. The molecule has 3 heterocycles. The number of rotatable bonds is 3. The van der Waals surface area contributed by atoms with Crippen molar-refractivity contribution in [2.75, 3.05) is 0 Å². The normalized spacial score (nSPS) is 11.5. The highest BCUT2D eigenvalue weighted by Gasteiger charge is 2.15. The quantitative estimate of drug-likeness (QED) is 0.223. The second-order valence-corrected chi connectivity index (χ2v) is 10.1. The van der Waals surface area contributed by atoms with Crippen LogP contribution in [0.2, 0.25) is 0 Å². The summed E-state index contributed by atoms with van der Waals surface area (Å²) >= 11 is 0. The fourth-order valence-corrected chi connectivity index (χ4v) is 5.86. The zero-order valence-corrected chi connectivity index (χ0v) is 21.6. The molecule has 0 fully saturated rings. The topological polar surface area (TPSA) is 38.7 Å². The van der Waals surface area contributed by atoms with Gasteiger partial charge in [-0.2, -0.15) is 0 Å². The first kappa shape index (κ1) is 22.6. The van der Waals surface area contributed by atoms with Crippen LogP contribution in [0.4, 0.5) is 0 Å². The highest BCUT2D eigenvalue weighted by molar-refractivity contribution is 6.28. The van der Waals surface area contributed by atoms with Gasteiger partial charge in [-0.3, -0.25) is 9.97 Å². The summed E-state index contributed by atoms with van der Waals surface area (Å²) in [6.07, 6.45) is 5.55. The highest BCUT2D eigenvalue weighted by atomic mass is 14.7. The number of hydrogen-bond donors (Lipinski definition) is 0. The van der Waals surface area contributed by atoms with Crippen molar-refractivity contribution < 1.29 is 0 Å². The molecule has 0 amide bonds. The van der Waals surface area contributed by atoms with Crippen molar-refractivity contribution in [3.8, 4) is 33.5 Å². The Kier molecular flexibility index (Phi) is 5.14. The number of benzene rings is 5. The van der Waals surface area contributed by atoms with Gasteiger partial charge in [-0.15, -0.1) is 0 Å². The monoisotopic (exact) mass is 509 g/mol. The largest absolute Gasteiger partial charge is 0.265 e. The molecule has 0 unspecified atom stereocenters. The fourth-order valence-electron chi connectivity index (χ4n) is 5.86. The smallest absolute Gasteiger partial charge is 0.0788 e. The van der Waals surface area contributed by atoms with Gasteiger partial charge in [0.15, 0.2) is 0 Å². The zero-order valence-electron chi connectivity index (χ0n) is 21.6. The number of nitrogens with zero attached hydrogens (tertiary/aromatic N) is 3. The van der Waals surface area contributed by atoms with Crippen LogP contribution in [-0.2, 0) is 0 Å². The Morgan fingerprint density at radius 2 is 1.15 bits per heavy atom. The molecule has 3 nitrogen and oxygen atoms in total. The van der Waals surface area contributed by atoms with Crippen LogP contribution in [-0.4, -0.2) is 15.0 Å². The van der Waals surface area contributed by atoms with Gasteiger partial charge in [0.05, 0.1) is 16.7 Å². The van der Waals surface area contributed by atoms with Gasteiger partial charge in [0.25, 0.3) is 0 Å². The second kappa shape index (κ2) is 9.11. The number of fused-ring (bicyclic) bond motifs is 7. The number of pyridine rings is 3. The molecule has 0 radical (unpaired) electrons. The minimum atomic E-state index is 0.986. The van der Waals surface area contributed by atoms with E-state index >= 15 is 0 Å². The van der Waals surface area contributed by atoms with Crippen LogP contribution >= 0.6 is 0 Å². The number of para-hydroxylation sites is 1. The van der Waals surface area contributed by atoms with Gasteiger partial charge >= 0.3 is 0 Å². The van der Waals surface area contributed by atoms with Crippen molar-refractivity contribution in [3.05, 3.63) is 140 Å². The van der Waals surface area contributed by atoms with E-state index in [9.17, 15) is 0 Å². The predicted molar refractivity (Wildman–Crippen MR) is 166 cm³/mol. The summed E-state index contributed by atoms with van der Waals surface area (Å²) in [4.78, 5) is 14.2. The maximum absolute atomic E-state index is 5.19. The third-order valence-corrected chi connectivity index (χ3v) is 7.78. The van der Waals surface area contributed by atoms with Crippen molar-refractivity contribution >= 4 is 43.4 Å². The average molecular weight is 510 g/mol. The first-order valence-electron chi connectivity index (χ1n) is 13.4.